The van der Waals surface area contributed by atoms with Gasteiger partial charge in [0.15, 0.2) is 0 Å². The van der Waals surface area contributed by atoms with Crippen molar-refractivity contribution in [3.63, 3.8) is 0 Å². The van der Waals surface area contributed by atoms with E-state index >= 15 is 0 Å². The summed E-state index contributed by atoms with van der Waals surface area (Å²) in [5.41, 5.74) is 24.0. The molecule has 0 atom stereocenters. The van der Waals surface area contributed by atoms with Crippen LogP contribution in [0, 0.1) is 6.92 Å². The summed E-state index contributed by atoms with van der Waals surface area (Å²) in [4.78, 5) is 2.43. The van der Waals surface area contributed by atoms with Crippen LogP contribution >= 0.6 is 0 Å². The third-order valence-corrected chi connectivity index (χ3v) is 14.4. The summed E-state index contributed by atoms with van der Waals surface area (Å²) in [7, 11) is 0. The Morgan fingerprint density at radius 1 is 0.300 bits per heavy atom. The summed E-state index contributed by atoms with van der Waals surface area (Å²) in [6, 6.07) is 103. The number of nitrogens with zero attached hydrogens (tertiary/aromatic N) is 1. The standard InChI is InChI=1S/C69H51N/c1-49-31-32-55(52-23-11-4-12-24-52)46-65(49)66-47-56(33-34-57(66)45-50-19-7-2-8-20-50)54-37-41-61(42-38-54)70(60-39-35-53(36-40-60)51-21-9-3-10-22-51)62-43-44-64-63-29-17-18-30-67(63)69(68(64)48-62,58-25-13-5-14-26-58)59-27-15-6-16-28-59/h2-44,46-48H,45H2,1H3. The largest absolute Gasteiger partial charge is 0.310 e. The molecule has 0 bridgehead atoms. The second-order valence-electron chi connectivity index (χ2n) is 18.5. The van der Waals surface area contributed by atoms with E-state index in [0.717, 1.165) is 23.5 Å². The minimum Gasteiger partial charge on any atom is -0.310 e. The molecule has 0 aliphatic heterocycles. The van der Waals surface area contributed by atoms with Gasteiger partial charge in [-0.3, -0.25) is 0 Å². The third-order valence-electron chi connectivity index (χ3n) is 14.4. The van der Waals surface area contributed by atoms with Crippen molar-refractivity contribution in [3.8, 4) is 55.6 Å². The van der Waals surface area contributed by atoms with Crippen LogP contribution in [-0.2, 0) is 11.8 Å². The minimum absolute atomic E-state index is 0.513. The Kier molecular flexibility index (Phi) is 11.2. The Bertz CT molecular complexity index is 3540. The average Bonchev–Trinajstić information content (AvgIpc) is 3.73. The zero-order valence-corrected chi connectivity index (χ0v) is 39.2. The molecule has 0 saturated heterocycles. The summed E-state index contributed by atoms with van der Waals surface area (Å²) in [5, 5.41) is 0. The molecule has 0 radical (unpaired) electrons. The first-order chi connectivity index (χ1) is 34.6. The number of aryl methyl sites for hydroxylation is 1. The fraction of sp³-hybridized carbons (Fsp3) is 0.0435. The van der Waals surface area contributed by atoms with E-state index in [1.54, 1.807) is 0 Å². The van der Waals surface area contributed by atoms with E-state index in [9.17, 15) is 0 Å². The molecule has 12 rings (SSSR count). The van der Waals surface area contributed by atoms with Crippen LogP contribution in [0.5, 0.6) is 0 Å². The van der Waals surface area contributed by atoms with Crippen molar-refractivity contribution in [2.75, 3.05) is 4.90 Å². The van der Waals surface area contributed by atoms with Crippen LogP contribution in [0.25, 0.3) is 55.6 Å². The molecular formula is C69H51N. The fourth-order valence-corrected chi connectivity index (χ4v) is 11.0. The monoisotopic (exact) mass is 893 g/mol. The molecule has 1 aliphatic rings. The first-order valence-corrected chi connectivity index (χ1v) is 24.4. The molecule has 0 amide bonds. The minimum atomic E-state index is -0.513. The molecule has 0 unspecified atom stereocenters. The van der Waals surface area contributed by atoms with Crippen LogP contribution < -0.4 is 4.90 Å². The first kappa shape index (κ1) is 42.6. The van der Waals surface area contributed by atoms with Crippen LogP contribution in [0.2, 0.25) is 0 Å². The number of hydrogen-bond acceptors (Lipinski definition) is 1. The zero-order valence-electron chi connectivity index (χ0n) is 39.2. The van der Waals surface area contributed by atoms with Gasteiger partial charge in [-0.2, -0.15) is 0 Å². The van der Waals surface area contributed by atoms with Gasteiger partial charge in [-0.1, -0.05) is 231 Å². The molecule has 0 aromatic heterocycles. The van der Waals surface area contributed by atoms with Gasteiger partial charge < -0.3 is 4.90 Å². The Labute approximate surface area is 412 Å². The summed E-state index contributed by atoms with van der Waals surface area (Å²) in [5.74, 6) is 0. The topological polar surface area (TPSA) is 3.24 Å². The molecule has 332 valence electrons. The van der Waals surface area contributed by atoms with Gasteiger partial charge in [-0.05, 0) is 156 Å². The van der Waals surface area contributed by atoms with E-state index in [1.165, 1.54) is 94.6 Å². The predicted molar refractivity (Wildman–Crippen MR) is 294 cm³/mol. The molecule has 11 aromatic rings. The van der Waals surface area contributed by atoms with Crippen molar-refractivity contribution < 1.29 is 0 Å². The van der Waals surface area contributed by atoms with Crippen LogP contribution in [0.4, 0.5) is 17.1 Å². The fourth-order valence-electron chi connectivity index (χ4n) is 11.0. The molecule has 0 heterocycles. The van der Waals surface area contributed by atoms with Crippen LogP contribution in [-0.4, -0.2) is 0 Å². The van der Waals surface area contributed by atoms with E-state index in [4.69, 9.17) is 0 Å². The molecule has 11 aromatic carbocycles. The van der Waals surface area contributed by atoms with Gasteiger partial charge in [0, 0.05) is 17.1 Å². The SMILES string of the molecule is Cc1ccc(-c2ccccc2)cc1-c1cc(-c2ccc(N(c3ccc(-c4ccccc4)cc3)c3ccc4c(c3)C(c3ccccc3)(c3ccccc3)c3ccccc3-4)cc2)ccc1Cc1ccccc1. The Morgan fingerprint density at radius 2 is 0.729 bits per heavy atom. The van der Waals surface area contributed by atoms with E-state index in [-0.39, 0.29) is 0 Å². The van der Waals surface area contributed by atoms with Crippen molar-refractivity contribution in [1.29, 1.82) is 0 Å². The van der Waals surface area contributed by atoms with Crippen LogP contribution in [0.15, 0.2) is 279 Å². The normalized spacial score (nSPS) is 12.2. The van der Waals surface area contributed by atoms with Gasteiger partial charge >= 0.3 is 0 Å². The third kappa shape index (κ3) is 7.72. The summed E-state index contributed by atoms with van der Waals surface area (Å²) < 4.78 is 0. The van der Waals surface area contributed by atoms with E-state index in [1.807, 2.05) is 0 Å². The van der Waals surface area contributed by atoms with Gasteiger partial charge in [-0.25, -0.2) is 0 Å². The van der Waals surface area contributed by atoms with Gasteiger partial charge in [0.1, 0.15) is 0 Å². The summed E-state index contributed by atoms with van der Waals surface area (Å²) in [6.07, 6.45) is 0.851. The lowest BCUT2D eigenvalue weighted by Gasteiger charge is -2.35. The zero-order chi connectivity index (χ0) is 46.9. The Balaban J connectivity index is 0.995. The van der Waals surface area contributed by atoms with Gasteiger partial charge in [0.2, 0.25) is 0 Å². The van der Waals surface area contributed by atoms with Gasteiger partial charge in [0.25, 0.3) is 0 Å². The van der Waals surface area contributed by atoms with Crippen molar-refractivity contribution in [2.45, 2.75) is 18.8 Å². The maximum Gasteiger partial charge on any atom is 0.0714 e. The highest BCUT2D eigenvalue weighted by atomic mass is 15.1. The van der Waals surface area contributed by atoms with Crippen molar-refractivity contribution in [3.05, 3.63) is 318 Å². The van der Waals surface area contributed by atoms with E-state index in [0.29, 0.717) is 0 Å². The highest BCUT2D eigenvalue weighted by molar-refractivity contribution is 5.90. The lowest BCUT2D eigenvalue weighted by atomic mass is 9.67. The number of anilines is 3. The van der Waals surface area contributed by atoms with Gasteiger partial charge in [0.05, 0.1) is 5.41 Å². The highest BCUT2D eigenvalue weighted by Crippen LogP contribution is 2.57. The number of rotatable bonds is 11. The predicted octanol–water partition coefficient (Wildman–Crippen LogP) is 18.1. The summed E-state index contributed by atoms with van der Waals surface area (Å²) in [6.45, 7) is 2.24. The number of fused-ring (bicyclic) bond motifs is 3. The van der Waals surface area contributed by atoms with Crippen LogP contribution in [0.1, 0.15) is 38.9 Å². The molecule has 1 heteroatoms. The Morgan fingerprint density at radius 3 is 1.33 bits per heavy atom. The number of benzene rings is 11. The van der Waals surface area contributed by atoms with E-state index in [2.05, 4.69) is 291 Å². The maximum absolute atomic E-state index is 2.46. The van der Waals surface area contributed by atoms with E-state index < -0.39 is 5.41 Å². The average molecular weight is 894 g/mol. The molecule has 1 nitrogen and oxygen atoms in total. The lowest BCUT2D eigenvalue weighted by molar-refractivity contribution is 0.768. The molecule has 0 fully saturated rings. The first-order valence-electron chi connectivity index (χ1n) is 24.4. The van der Waals surface area contributed by atoms with Crippen molar-refractivity contribution in [1.82, 2.24) is 0 Å². The molecule has 0 saturated carbocycles. The quantitative estimate of drug-likeness (QED) is 0.125. The highest BCUT2D eigenvalue weighted by Gasteiger charge is 2.46. The van der Waals surface area contributed by atoms with Crippen molar-refractivity contribution >= 4 is 17.1 Å². The second-order valence-corrected chi connectivity index (χ2v) is 18.5. The molecule has 0 N–H and O–H groups in total. The second kappa shape index (κ2) is 18.4. The van der Waals surface area contributed by atoms with Crippen LogP contribution in [0.3, 0.4) is 0 Å². The summed E-state index contributed by atoms with van der Waals surface area (Å²) >= 11 is 0. The number of hydrogen-bond donors (Lipinski definition) is 0. The maximum atomic E-state index is 2.46. The van der Waals surface area contributed by atoms with Crippen molar-refractivity contribution in [2.24, 2.45) is 0 Å². The van der Waals surface area contributed by atoms with Gasteiger partial charge in [-0.15, -0.1) is 0 Å². The molecule has 1 aliphatic carbocycles. The lowest BCUT2D eigenvalue weighted by Crippen LogP contribution is -2.28. The smallest absolute Gasteiger partial charge is 0.0714 e. The Hall–Kier alpha value is -8.78. The molecule has 70 heavy (non-hydrogen) atoms. The molecule has 0 spiro atoms. The molecular weight excluding hydrogens is 843 g/mol.